The van der Waals surface area contributed by atoms with Crippen molar-refractivity contribution >= 4 is 17.4 Å². The molecule has 5 rings (SSSR count). The number of anilines is 1. The van der Waals surface area contributed by atoms with E-state index in [2.05, 4.69) is 15.8 Å². The van der Waals surface area contributed by atoms with Crippen molar-refractivity contribution in [1.29, 1.82) is 0 Å². The normalized spacial score (nSPS) is 28.5. The number of hydrogen-bond donors (Lipinski definition) is 3. The van der Waals surface area contributed by atoms with E-state index in [-0.39, 0.29) is 18.1 Å². The molecule has 3 aliphatic heterocycles. The van der Waals surface area contributed by atoms with Gasteiger partial charge in [-0.1, -0.05) is 45.5 Å². The number of halogens is 3. The van der Waals surface area contributed by atoms with Gasteiger partial charge in [-0.3, -0.25) is 10.5 Å². The SMILES string of the molecule is COc1c(N2CCOCC2)cc(C(=O)C[N+]2(OC(=O)C(F)(F)F)NC(N)N3NC(OC4CCCCC4)CCC32)cc1C(C)(C)C. The highest BCUT2D eigenvalue weighted by molar-refractivity contribution is 5.99. The van der Waals surface area contributed by atoms with Crippen LogP contribution in [0.3, 0.4) is 0 Å². The molecule has 0 spiro atoms. The number of hydrazine groups is 1. The zero-order valence-electron chi connectivity index (χ0n) is 26.5. The number of carbonyl (C=O) groups is 2. The summed E-state index contributed by atoms with van der Waals surface area (Å²) in [6, 6.07) is 3.39. The fraction of sp³-hybridized carbons (Fsp3) is 0.733. The van der Waals surface area contributed by atoms with E-state index in [1.807, 2.05) is 20.8 Å². The molecule has 4 fully saturated rings. The van der Waals surface area contributed by atoms with E-state index in [0.717, 1.165) is 31.2 Å². The Kier molecular flexibility index (Phi) is 9.99. The quantitative estimate of drug-likeness (QED) is 0.286. The number of quaternary nitrogens is 1. The van der Waals surface area contributed by atoms with Crippen molar-refractivity contribution in [3.63, 3.8) is 0 Å². The van der Waals surface area contributed by atoms with Gasteiger partial charge in [-0.2, -0.15) is 13.2 Å². The van der Waals surface area contributed by atoms with Gasteiger partial charge in [0.05, 0.1) is 32.1 Å². The lowest BCUT2D eigenvalue weighted by Gasteiger charge is -2.40. The molecule has 0 bridgehead atoms. The second kappa shape index (κ2) is 13.3. The van der Waals surface area contributed by atoms with Crippen molar-refractivity contribution < 1.29 is 46.6 Å². The van der Waals surface area contributed by atoms with E-state index in [4.69, 9.17) is 24.8 Å². The maximum Gasteiger partial charge on any atom is 0.497 e. The molecular weight excluding hydrogens is 597 g/mol. The Morgan fingerprint density at radius 1 is 1.07 bits per heavy atom. The number of ketones is 1. The van der Waals surface area contributed by atoms with Gasteiger partial charge >= 0.3 is 12.1 Å². The Balaban J connectivity index is 1.46. The minimum atomic E-state index is -5.29. The fourth-order valence-electron chi connectivity index (χ4n) is 6.70. The zero-order valence-corrected chi connectivity index (χ0v) is 26.5. The molecule has 1 saturated carbocycles. The van der Waals surface area contributed by atoms with E-state index < -0.39 is 53.3 Å². The van der Waals surface area contributed by atoms with Gasteiger partial charge in [-0.15, -0.1) is 5.01 Å². The second-order valence-corrected chi connectivity index (χ2v) is 13.2. The number of fused-ring (bicyclic) bond motifs is 1. The van der Waals surface area contributed by atoms with Crippen LogP contribution in [0.5, 0.6) is 5.75 Å². The Hall–Kier alpha value is -2.53. The van der Waals surface area contributed by atoms with Crippen LogP contribution in [-0.4, -0.2) is 92.4 Å². The largest absolute Gasteiger partial charge is 0.497 e. The number of morpholine rings is 1. The minimum Gasteiger partial charge on any atom is -0.494 e. The van der Waals surface area contributed by atoms with Crippen LogP contribution in [0.25, 0.3) is 0 Å². The molecule has 1 aliphatic carbocycles. The first-order valence-electron chi connectivity index (χ1n) is 15.7. The molecule has 0 aromatic heterocycles. The zero-order chi connectivity index (χ0) is 32.6. The van der Waals surface area contributed by atoms with E-state index in [9.17, 15) is 22.8 Å². The lowest BCUT2D eigenvalue weighted by atomic mass is 9.84. The maximum absolute atomic E-state index is 14.1. The van der Waals surface area contributed by atoms with Crippen molar-refractivity contribution in [1.82, 2.24) is 15.9 Å². The molecule has 3 heterocycles. The molecule has 4 N–H and O–H groups in total. The Morgan fingerprint density at radius 2 is 1.76 bits per heavy atom. The number of carbonyl (C=O) groups excluding carboxylic acids is 2. The number of benzene rings is 1. The number of rotatable bonds is 8. The van der Waals surface area contributed by atoms with Crippen LogP contribution in [0, 0.1) is 0 Å². The summed E-state index contributed by atoms with van der Waals surface area (Å²) < 4.78 is 57.2. The third-order valence-corrected chi connectivity index (χ3v) is 8.95. The summed E-state index contributed by atoms with van der Waals surface area (Å²) in [5.41, 5.74) is 13.6. The van der Waals surface area contributed by atoms with Gasteiger partial charge < -0.3 is 19.1 Å². The number of nitrogens with one attached hydrogen (secondary N) is 2. The fourth-order valence-corrected chi connectivity index (χ4v) is 6.70. The lowest BCUT2D eigenvalue weighted by molar-refractivity contribution is -1.13. The van der Waals surface area contributed by atoms with Crippen LogP contribution in [-0.2, 0) is 24.5 Å². The Bertz CT molecular complexity index is 1230. The van der Waals surface area contributed by atoms with Gasteiger partial charge in [0.1, 0.15) is 12.0 Å². The van der Waals surface area contributed by atoms with Crippen molar-refractivity contribution in [2.24, 2.45) is 5.73 Å². The number of hydroxylamine groups is 2. The molecule has 1 aromatic carbocycles. The number of hydrogen-bond acceptors (Lipinski definition) is 11. The van der Waals surface area contributed by atoms with E-state index >= 15 is 0 Å². The maximum atomic E-state index is 14.1. The summed E-state index contributed by atoms with van der Waals surface area (Å²) >= 11 is 0. The molecule has 3 saturated heterocycles. The molecule has 252 valence electrons. The highest BCUT2D eigenvalue weighted by Crippen LogP contribution is 2.41. The third-order valence-electron chi connectivity index (χ3n) is 8.95. The van der Waals surface area contributed by atoms with Gasteiger partial charge in [0.2, 0.25) is 18.5 Å². The van der Waals surface area contributed by atoms with E-state index in [1.165, 1.54) is 11.4 Å². The highest BCUT2D eigenvalue weighted by Gasteiger charge is 2.61. The predicted octanol–water partition coefficient (Wildman–Crippen LogP) is 3.21. The van der Waals surface area contributed by atoms with Crippen molar-refractivity contribution in [3.05, 3.63) is 23.3 Å². The minimum absolute atomic E-state index is 0.0798. The van der Waals surface area contributed by atoms with Crippen LogP contribution in [0.4, 0.5) is 18.9 Å². The molecule has 15 heteroatoms. The van der Waals surface area contributed by atoms with Crippen molar-refractivity contribution in [3.8, 4) is 5.75 Å². The van der Waals surface area contributed by atoms with Gasteiger partial charge in [0.25, 0.3) is 0 Å². The van der Waals surface area contributed by atoms with Gasteiger partial charge in [-0.25, -0.2) is 15.1 Å². The smallest absolute Gasteiger partial charge is 0.494 e. The number of Topliss-reactive ketones (excluding diaryl/α,β-unsaturated/α-hetero) is 1. The van der Waals surface area contributed by atoms with Crippen LogP contribution in [0.15, 0.2) is 12.1 Å². The molecule has 4 unspecified atom stereocenters. The summed E-state index contributed by atoms with van der Waals surface area (Å²) in [4.78, 5) is 33.7. The lowest BCUT2D eigenvalue weighted by Crippen LogP contribution is -2.66. The van der Waals surface area contributed by atoms with Gasteiger partial charge in [0, 0.05) is 30.6 Å². The molecule has 0 amide bonds. The third kappa shape index (κ3) is 7.39. The van der Waals surface area contributed by atoms with Crippen LogP contribution in [0.2, 0.25) is 0 Å². The van der Waals surface area contributed by atoms with Crippen molar-refractivity contribution in [2.75, 3.05) is 44.9 Å². The summed E-state index contributed by atoms with van der Waals surface area (Å²) in [5, 5.41) is 1.50. The summed E-state index contributed by atoms with van der Waals surface area (Å²) in [7, 11) is 1.57. The van der Waals surface area contributed by atoms with Crippen LogP contribution in [0.1, 0.15) is 81.6 Å². The van der Waals surface area contributed by atoms with Gasteiger partial charge in [0.15, 0.2) is 6.29 Å². The monoisotopic (exact) mass is 643 g/mol. The first kappa shape index (κ1) is 33.8. The molecule has 45 heavy (non-hydrogen) atoms. The van der Waals surface area contributed by atoms with E-state index in [0.29, 0.717) is 44.2 Å². The molecule has 1 aromatic rings. The number of nitrogens with two attached hydrogens (primary N) is 1. The molecule has 4 aliphatic rings. The Labute approximate surface area is 261 Å². The van der Waals surface area contributed by atoms with Crippen molar-refractivity contribution in [2.45, 2.75) is 102 Å². The summed E-state index contributed by atoms with van der Waals surface area (Å²) in [6.45, 7) is 7.47. The topological polar surface area (TPSA) is 128 Å². The number of ether oxygens (including phenoxy) is 3. The molecule has 0 radical (unpaired) electrons. The predicted molar refractivity (Wildman–Crippen MR) is 157 cm³/mol. The number of alkyl halides is 3. The van der Waals surface area contributed by atoms with Crippen LogP contribution >= 0.6 is 0 Å². The second-order valence-electron chi connectivity index (χ2n) is 13.2. The molecular formula is C30H46F3N6O6+. The number of methoxy groups -OCH3 is 1. The van der Waals surface area contributed by atoms with Gasteiger partial charge in [-0.05, 0) is 41.6 Å². The molecule has 12 nitrogen and oxygen atoms in total. The number of nitrogens with zero attached hydrogens (tertiary/aromatic N) is 3. The highest BCUT2D eigenvalue weighted by atomic mass is 19.4. The molecule has 4 atom stereocenters. The Morgan fingerprint density at radius 3 is 2.38 bits per heavy atom. The standard InChI is InChI=1S/C30H46F3N6O6/c1-29(2,3)21-16-19(17-22(26(21)42-4)37-12-14-43-15-13-37)23(40)18-39(45-27(41)30(31,32)33)25-11-10-24(35-38(25)28(34)36-39)44-20-8-6-5-7-9-20/h16-17,20,24-25,28,35-36H,5-15,18,34H2,1-4H3/q+1. The van der Waals surface area contributed by atoms with E-state index in [1.54, 1.807) is 19.2 Å². The summed E-state index contributed by atoms with van der Waals surface area (Å²) in [5.74, 6) is -2.34. The summed E-state index contributed by atoms with van der Waals surface area (Å²) in [6.07, 6.45) is -1.76. The van der Waals surface area contributed by atoms with Crippen LogP contribution < -0.4 is 26.2 Å². The first-order valence-corrected chi connectivity index (χ1v) is 15.7. The average molecular weight is 644 g/mol. The first-order chi connectivity index (χ1) is 21.2. The average Bonchev–Trinajstić information content (AvgIpc) is 3.26.